The van der Waals surface area contributed by atoms with Gasteiger partial charge in [-0.3, -0.25) is 4.68 Å². The van der Waals surface area contributed by atoms with Gasteiger partial charge in [-0.25, -0.2) is 0 Å². The molecule has 5 heteroatoms. The first-order valence-corrected chi connectivity index (χ1v) is 5.55. The van der Waals surface area contributed by atoms with Crippen molar-refractivity contribution < 1.29 is 0 Å². The Morgan fingerprint density at radius 3 is 3.00 bits per heavy atom. The van der Waals surface area contributed by atoms with Crippen LogP contribution in [-0.4, -0.2) is 16.3 Å². The van der Waals surface area contributed by atoms with Crippen molar-refractivity contribution in [1.82, 2.24) is 9.78 Å². The molecule has 2 N–H and O–H groups in total. The second kappa shape index (κ2) is 4.13. The van der Waals surface area contributed by atoms with Gasteiger partial charge in [0.05, 0.1) is 17.3 Å². The molecule has 0 aliphatic rings. The van der Waals surface area contributed by atoms with Crippen molar-refractivity contribution in [3.8, 4) is 0 Å². The standard InChI is InChI=1S/C9H10ClN3S/c10-8-4-12-13(5-8)9(3-11)7-1-2-14-6-7/h1-2,4-6,9H,3,11H2. The van der Waals surface area contributed by atoms with Gasteiger partial charge in [-0.1, -0.05) is 11.6 Å². The molecule has 2 heterocycles. The Morgan fingerprint density at radius 1 is 1.64 bits per heavy atom. The van der Waals surface area contributed by atoms with E-state index >= 15 is 0 Å². The van der Waals surface area contributed by atoms with Crippen LogP contribution in [0.3, 0.4) is 0 Å². The zero-order valence-corrected chi connectivity index (χ0v) is 9.00. The predicted octanol–water partition coefficient (Wildman–Crippen LogP) is 2.15. The molecular weight excluding hydrogens is 218 g/mol. The second-order valence-electron chi connectivity index (χ2n) is 2.95. The minimum Gasteiger partial charge on any atom is -0.328 e. The molecule has 74 valence electrons. The number of rotatable bonds is 3. The number of nitrogens with two attached hydrogens (primary N) is 1. The van der Waals surface area contributed by atoms with Gasteiger partial charge in [-0.15, -0.1) is 0 Å². The summed E-state index contributed by atoms with van der Waals surface area (Å²) in [5, 5.41) is 8.90. The molecule has 2 aromatic rings. The molecule has 0 aromatic carbocycles. The Kier molecular flexibility index (Phi) is 2.86. The lowest BCUT2D eigenvalue weighted by atomic mass is 10.1. The van der Waals surface area contributed by atoms with E-state index in [9.17, 15) is 0 Å². The molecular formula is C9H10ClN3S. The quantitative estimate of drug-likeness (QED) is 0.873. The van der Waals surface area contributed by atoms with Crippen molar-refractivity contribution in [2.75, 3.05) is 6.54 Å². The highest BCUT2D eigenvalue weighted by Crippen LogP contribution is 2.20. The molecule has 0 bridgehead atoms. The van der Waals surface area contributed by atoms with Gasteiger partial charge in [-0.2, -0.15) is 16.4 Å². The molecule has 0 radical (unpaired) electrons. The van der Waals surface area contributed by atoms with E-state index in [0.29, 0.717) is 11.6 Å². The van der Waals surface area contributed by atoms with Crippen LogP contribution in [0.1, 0.15) is 11.6 Å². The molecule has 2 rings (SSSR count). The number of thiophene rings is 1. The molecule has 14 heavy (non-hydrogen) atoms. The van der Waals surface area contributed by atoms with Gasteiger partial charge < -0.3 is 5.73 Å². The summed E-state index contributed by atoms with van der Waals surface area (Å²) in [6.45, 7) is 0.523. The van der Waals surface area contributed by atoms with Gasteiger partial charge in [0.2, 0.25) is 0 Å². The summed E-state index contributed by atoms with van der Waals surface area (Å²) in [4.78, 5) is 0. The Hall–Kier alpha value is -0.840. The molecule has 2 aromatic heterocycles. The molecule has 0 fully saturated rings. The van der Waals surface area contributed by atoms with Crippen LogP contribution in [0.5, 0.6) is 0 Å². The maximum absolute atomic E-state index is 5.80. The van der Waals surface area contributed by atoms with Crippen LogP contribution in [0.2, 0.25) is 5.02 Å². The van der Waals surface area contributed by atoms with Gasteiger partial charge in [0.1, 0.15) is 0 Å². The average Bonchev–Trinajstić information content (AvgIpc) is 2.79. The number of nitrogens with zero attached hydrogens (tertiary/aromatic N) is 2. The van der Waals surface area contributed by atoms with Crippen molar-refractivity contribution >= 4 is 22.9 Å². The lowest BCUT2D eigenvalue weighted by Crippen LogP contribution is -2.20. The largest absolute Gasteiger partial charge is 0.328 e. The van der Waals surface area contributed by atoms with E-state index in [4.69, 9.17) is 17.3 Å². The molecule has 0 aliphatic carbocycles. The fourth-order valence-corrected chi connectivity index (χ4v) is 2.20. The lowest BCUT2D eigenvalue weighted by molar-refractivity contribution is 0.533. The van der Waals surface area contributed by atoms with Crippen LogP contribution in [0, 0.1) is 0 Å². The Balaban J connectivity index is 2.31. The molecule has 1 atom stereocenters. The maximum Gasteiger partial charge on any atom is 0.0899 e. The molecule has 0 amide bonds. The highest BCUT2D eigenvalue weighted by Gasteiger charge is 2.12. The normalized spacial score (nSPS) is 13.0. The van der Waals surface area contributed by atoms with Gasteiger partial charge >= 0.3 is 0 Å². The molecule has 0 spiro atoms. The van der Waals surface area contributed by atoms with Gasteiger partial charge in [0, 0.05) is 12.7 Å². The third kappa shape index (κ3) is 1.82. The zero-order valence-electron chi connectivity index (χ0n) is 7.43. The van der Waals surface area contributed by atoms with Crippen LogP contribution in [0.15, 0.2) is 29.2 Å². The lowest BCUT2D eigenvalue weighted by Gasteiger charge is -2.13. The monoisotopic (exact) mass is 227 g/mol. The Bertz CT molecular complexity index is 396. The van der Waals surface area contributed by atoms with E-state index in [0.717, 1.165) is 0 Å². The molecule has 1 unspecified atom stereocenters. The predicted molar refractivity (Wildman–Crippen MR) is 58.7 cm³/mol. The third-order valence-corrected chi connectivity index (χ3v) is 2.94. The topological polar surface area (TPSA) is 43.8 Å². The molecule has 0 aliphatic heterocycles. The van der Waals surface area contributed by atoms with Crippen molar-refractivity contribution in [2.45, 2.75) is 6.04 Å². The smallest absolute Gasteiger partial charge is 0.0899 e. The first-order chi connectivity index (χ1) is 6.81. The summed E-state index contributed by atoms with van der Waals surface area (Å²) in [6.07, 6.45) is 3.41. The van der Waals surface area contributed by atoms with Gasteiger partial charge in [0.15, 0.2) is 0 Å². The summed E-state index contributed by atoms with van der Waals surface area (Å²) >= 11 is 7.46. The van der Waals surface area contributed by atoms with Crippen molar-refractivity contribution in [3.05, 3.63) is 39.8 Å². The fourth-order valence-electron chi connectivity index (χ4n) is 1.35. The van der Waals surface area contributed by atoms with E-state index in [-0.39, 0.29) is 6.04 Å². The van der Waals surface area contributed by atoms with E-state index in [1.54, 1.807) is 28.4 Å². The average molecular weight is 228 g/mol. The number of hydrogen-bond donors (Lipinski definition) is 1. The fraction of sp³-hybridized carbons (Fsp3) is 0.222. The van der Waals surface area contributed by atoms with E-state index in [1.165, 1.54) is 5.56 Å². The highest BCUT2D eigenvalue weighted by atomic mass is 35.5. The van der Waals surface area contributed by atoms with Gasteiger partial charge in [0.25, 0.3) is 0 Å². The first-order valence-electron chi connectivity index (χ1n) is 4.23. The van der Waals surface area contributed by atoms with Crippen molar-refractivity contribution in [1.29, 1.82) is 0 Å². The first kappa shape index (κ1) is 9.71. The Morgan fingerprint density at radius 2 is 2.50 bits per heavy atom. The SMILES string of the molecule is NCC(c1ccsc1)n1cc(Cl)cn1. The maximum atomic E-state index is 5.80. The Labute approximate surface area is 91.1 Å². The number of hydrogen-bond acceptors (Lipinski definition) is 3. The van der Waals surface area contributed by atoms with Crippen LogP contribution in [0.25, 0.3) is 0 Å². The summed E-state index contributed by atoms with van der Waals surface area (Å²) in [6, 6.07) is 2.14. The summed E-state index contributed by atoms with van der Waals surface area (Å²) < 4.78 is 1.80. The zero-order chi connectivity index (χ0) is 9.97. The molecule has 0 saturated heterocycles. The summed E-state index contributed by atoms with van der Waals surface area (Å²) in [5.74, 6) is 0. The van der Waals surface area contributed by atoms with Crippen molar-refractivity contribution in [3.63, 3.8) is 0 Å². The molecule has 0 saturated carbocycles. The van der Waals surface area contributed by atoms with E-state index in [2.05, 4.69) is 16.5 Å². The summed E-state index contributed by atoms with van der Waals surface area (Å²) in [5.41, 5.74) is 6.88. The number of aromatic nitrogens is 2. The van der Waals surface area contributed by atoms with Crippen LogP contribution < -0.4 is 5.73 Å². The number of halogens is 1. The van der Waals surface area contributed by atoms with Crippen LogP contribution in [0.4, 0.5) is 0 Å². The highest BCUT2D eigenvalue weighted by molar-refractivity contribution is 7.07. The van der Waals surface area contributed by atoms with Gasteiger partial charge in [-0.05, 0) is 22.4 Å². The van der Waals surface area contributed by atoms with Crippen molar-refractivity contribution in [2.24, 2.45) is 5.73 Å². The van der Waals surface area contributed by atoms with Crippen LogP contribution >= 0.6 is 22.9 Å². The third-order valence-electron chi connectivity index (χ3n) is 2.04. The second-order valence-corrected chi connectivity index (χ2v) is 4.16. The minimum atomic E-state index is 0.0914. The summed E-state index contributed by atoms with van der Waals surface area (Å²) in [7, 11) is 0. The van der Waals surface area contributed by atoms with E-state index < -0.39 is 0 Å². The van der Waals surface area contributed by atoms with E-state index in [1.807, 2.05) is 5.38 Å². The van der Waals surface area contributed by atoms with Crippen LogP contribution in [-0.2, 0) is 0 Å². The minimum absolute atomic E-state index is 0.0914. The molecule has 3 nitrogen and oxygen atoms in total.